The van der Waals surface area contributed by atoms with E-state index >= 15 is 0 Å². The van der Waals surface area contributed by atoms with E-state index in [1.807, 2.05) is 31.2 Å². The fourth-order valence-corrected chi connectivity index (χ4v) is 2.15. The lowest BCUT2D eigenvalue weighted by Crippen LogP contribution is -2.16. The minimum absolute atomic E-state index is 0.323. The van der Waals surface area contributed by atoms with E-state index in [1.54, 1.807) is 0 Å². The summed E-state index contributed by atoms with van der Waals surface area (Å²) in [6.07, 6.45) is 1.15. The second-order valence-electron chi connectivity index (χ2n) is 4.63. The Kier molecular flexibility index (Phi) is 3.63. The lowest BCUT2D eigenvalue weighted by molar-refractivity contribution is 0.0783. The summed E-state index contributed by atoms with van der Waals surface area (Å²) in [5.74, 6) is 0. The molecule has 0 bridgehead atoms. The summed E-state index contributed by atoms with van der Waals surface area (Å²) in [4.78, 5) is 0. The topological polar surface area (TPSA) is 69.6 Å². The summed E-state index contributed by atoms with van der Waals surface area (Å²) in [5.41, 5.74) is 1.13. The highest BCUT2D eigenvalue weighted by Crippen LogP contribution is 2.43. The minimum atomic E-state index is -2.57. The highest BCUT2D eigenvalue weighted by molar-refractivity contribution is 7.74. The molecule has 1 fully saturated rings. The van der Waals surface area contributed by atoms with Gasteiger partial charge in [-0.1, -0.05) is 29.8 Å². The Morgan fingerprint density at radius 1 is 1.47 bits per heavy atom. The van der Waals surface area contributed by atoms with E-state index in [9.17, 15) is 13.9 Å². The number of hydrogen-bond donors (Lipinski definition) is 1. The van der Waals surface area contributed by atoms with Crippen LogP contribution < -0.4 is 0 Å². The Labute approximate surface area is 103 Å². The van der Waals surface area contributed by atoms with Crippen molar-refractivity contribution in [2.75, 3.05) is 0 Å². The van der Waals surface area contributed by atoms with Crippen molar-refractivity contribution in [2.45, 2.75) is 37.9 Å². The first-order valence-electron chi connectivity index (χ1n) is 5.54. The third kappa shape index (κ3) is 3.61. The zero-order valence-corrected chi connectivity index (χ0v) is 10.4. The van der Waals surface area contributed by atoms with Crippen LogP contribution in [0.5, 0.6) is 0 Å². The second kappa shape index (κ2) is 4.86. The lowest BCUT2D eigenvalue weighted by atomic mass is 10.0. The Hall–Kier alpha value is -0.750. The van der Waals surface area contributed by atoms with E-state index in [-0.39, 0.29) is 0 Å². The zero-order chi connectivity index (χ0) is 12.5. The smallest absolute Gasteiger partial charge is 0.101 e. The van der Waals surface area contributed by atoms with Crippen LogP contribution in [0.3, 0.4) is 0 Å². The molecule has 1 saturated carbocycles. The molecule has 0 aromatic heterocycles. The number of rotatable bonds is 5. The summed E-state index contributed by atoms with van der Waals surface area (Å²) in [7, 11) is 0. The number of hydrogen-bond acceptors (Lipinski definition) is 4. The minimum Gasteiger partial charge on any atom is -0.750 e. The Balaban J connectivity index is 2.13. The highest BCUT2D eigenvalue weighted by Gasteiger charge is 2.42. The van der Waals surface area contributed by atoms with Gasteiger partial charge in [0.2, 0.25) is 0 Å². The van der Waals surface area contributed by atoms with Crippen molar-refractivity contribution in [3.05, 3.63) is 35.4 Å². The maximum absolute atomic E-state index is 10.7. The molecule has 0 radical (unpaired) electrons. The largest absolute Gasteiger partial charge is 0.750 e. The number of aryl methyl sites for hydroxylation is 1. The van der Waals surface area contributed by atoms with E-state index in [1.165, 1.54) is 0 Å². The van der Waals surface area contributed by atoms with Gasteiger partial charge in [0.25, 0.3) is 0 Å². The van der Waals surface area contributed by atoms with E-state index in [0.717, 1.165) is 11.1 Å². The molecule has 94 valence electrons. The predicted octanol–water partition coefficient (Wildman–Crippen LogP) is 1.76. The van der Waals surface area contributed by atoms with Crippen LogP contribution in [0.1, 0.15) is 36.5 Å². The van der Waals surface area contributed by atoms with Gasteiger partial charge >= 0.3 is 0 Å². The molecule has 0 amide bonds. The summed E-state index contributed by atoms with van der Waals surface area (Å²) < 4.78 is 26.2. The van der Waals surface area contributed by atoms with Crippen LogP contribution in [0.4, 0.5) is 0 Å². The fraction of sp³-hybridized carbons (Fsp3) is 0.500. The molecule has 1 aliphatic carbocycles. The molecule has 2 rings (SSSR count). The van der Waals surface area contributed by atoms with Crippen LogP contribution in [0.2, 0.25) is 0 Å². The van der Waals surface area contributed by atoms with E-state index in [0.29, 0.717) is 19.3 Å². The fourth-order valence-electron chi connectivity index (χ4n) is 1.78. The molecule has 1 N–H and O–H groups in total. The summed E-state index contributed by atoms with van der Waals surface area (Å²) in [6.45, 7) is 1.96. The van der Waals surface area contributed by atoms with Gasteiger partial charge < -0.3 is 9.66 Å². The average Bonchev–Trinajstić information content (AvgIpc) is 2.96. The molecule has 0 aliphatic heterocycles. The third-order valence-corrected chi connectivity index (χ3v) is 3.43. The first-order valence-corrected chi connectivity index (χ1v) is 6.54. The van der Waals surface area contributed by atoms with Crippen molar-refractivity contribution >= 4 is 11.4 Å². The quantitative estimate of drug-likeness (QED) is 0.814. The van der Waals surface area contributed by atoms with Crippen molar-refractivity contribution in [1.82, 2.24) is 0 Å². The van der Waals surface area contributed by atoms with E-state index in [4.69, 9.17) is 4.18 Å². The molecular formula is C12H15O4S-. The molecule has 5 heteroatoms. The average molecular weight is 255 g/mol. The van der Waals surface area contributed by atoms with E-state index in [2.05, 4.69) is 0 Å². The summed E-state index contributed by atoms with van der Waals surface area (Å²) >= 11 is -2.57. The van der Waals surface area contributed by atoms with Gasteiger partial charge in [-0.05, 0) is 25.3 Å². The molecule has 17 heavy (non-hydrogen) atoms. The molecule has 1 aromatic carbocycles. The third-order valence-electron chi connectivity index (χ3n) is 3.04. The van der Waals surface area contributed by atoms with Crippen LogP contribution in [0.25, 0.3) is 0 Å². The van der Waals surface area contributed by atoms with Gasteiger partial charge in [0.05, 0.1) is 17.0 Å². The predicted molar refractivity (Wildman–Crippen MR) is 62.7 cm³/mol. The van der Waals surface area contributed by atoms with Gasteiger partial charge in [-0.25, -0.2) is 4.21 Å². The van der Waals surface area contributed by atoms with Gasteiger partial charge in [0.1, 0.15) is 6.10 Å². The maximum Gasteiger partial charge on any atom is 0.101 e. The molecule has 2 unspecified atom stereocenters. The van der Waals surface area contributed by atoms with Crippen LogP contribution in [-0.2, 0) is 15.5 Å². The summed E-state index contributed by atoms with van der Waals surface area (Å²) in [5, 5.41) is 9.85. The SMILES string of the molecule is Cc1ccc(C(CC2(O)CC2)OS(=O)[O-])cc1. The Morgan fingerprint density at radius 2 is 2.06 bits per heavy atom. The monoisotopic (exact) mass is 255 g/mol. The van der Waals surface area contributed by atoms with Gasteiger partial charge in [-0.15, -0.1) is 0 Å². The maximum atomic E-state index is 10.7. The molecule has 0 heterocycles. The molecule has 4 nitrogen and oxygen atoms in total. The molecule has 1 aromatic rings. The first-order chi connectivity index (χ1) is 7.98. The standard InChI is InChI=1S/C12H16O4S/c1-9-2-4-10(5-3-9)11(16-17(14)15)8-12(13)6-7-12/h2-5,11,13H,6-8H2,1H3,(H,14,15)/p-1. The van der Waals surface area contributed by atoms with Gasteiger partial charge in [-0.3, -0.25) is 4.18 Å². The molecular weight excluding hydrogens is 240 g/mol. The normalized spacial score (nSPS) is 20.9. The highest BCUT2D eigenvalue weighted by atomic mass is 32.2. The summed E-state index contributed by atoms with van der Waals surface area (Å²) in [6, 6.07) is 7.46. The van der Waals surface area contributed by atoms with Crippen LogP contribution in [0, 0.1) is 6.92 Å². The van der Waals surface area contributed by atoms with Crippen molar-refractivity contribution in [2.24, 2.45) is 0 Å². The molecule has 2 atom stereocenters. The van der Waals surface area contributed by atoms with Crippen LogP contribution in [0.15, 0.2) is 24.3 Å². The van der Waals surface area contributed by atoms with Crippen molar-refractivity contribution < 1.29 is 18.1 Å². The Bertz CT molecular complexity index is 411. The van der Waals surface area contributed by atoms with Crippen molar-refractivity contribution in [1.29, 1.82) is 0 Å². The van der Waals surface area contributed by atoms with E-state index < -0.39 is 23.1 Å². The second-order valence-corrected chi connectivity index (χ2v) is 5.23. The lowest BCUT2D eigenvalue weighted by Gasteiger charge is -2.21. The number of benzene rings is 1. The zero-order valence-electron chi connectivity index (χ0n) is 9.59. The van der Waals surface area contributed by atoms with Crippen LogP contribution >= 0.6 is 0 Å². The van der Waals surface area contributed by atoms with Crippen LogP contribution in [-0.4, -0.2) is 19.5 Å². The van der Waals surface area contributed by atoms with Gasteiger partial charge in [0.15, 0.2) is 0 Å². The number of aliphatic hydroxyl groups is 1. The molecule has 1 aliphatic rings. The van der Waals surface area contributed by atoms with Gasteiger partial charge in [0, 0.05) is 6.42 Å². The Morgan fingerprint density at radius 3 is 2.53 bits per heavy atom. The van der Waals surface area contributed by atoms with Gasteiger partial charge in [-0.2, -0.15) is 0 Å². The van der Waals surface area contributed by atoms with Crippen molar-refractivity contribution in [3.63, 3.8) is 0 Å². The molecule has 0 spiro atoms. The van der Waals surface area contributed by atoms with Crippen molar-refractivity contribution in [3.8, 4) is 0 Å². The molecule has 0 saturated heterocycles. The first kappa shape index (κ1) is 12.7.